The first-order chi connectivity index (χ1) is 12.6. The standard InChI is InChI=1S/C20H31NO6/c1-6-13(4)18(23)27-16-8-10-21-9-7-15(17(16)21)11-26-19(24)20(25,12(2)3)14(5)22/h6-7,12,14,16-17,22,25H,8-11H2,1-5H3/b13-6-/t14-,16+,17+,20?/m0/s1. The van der Waals surface area contributed by atoms with Gasteiger partial charge in [0.1, 0.15) is 12.7 Å². The van der Waals surface area contributed by atoms with E-state index in [2.05, 4.69) is 4.90 Å². The van der Waals surface area contributed by atoms with E-state index < -0.39 is 23.6 Å². The van der Waals surface area contributed by atoms with Gasteiger partial charge in [0.05, 0.1) is 12.1 Å². The van der Waals surface area contributed by atoms with Crippen molar-refractivity contribution in [3.63, 3.8) is 0 Å². The predicted molar refractivity (Wildman–Crippen MR) is 99.8 cm³/mol. The number of rotatable bonds is 7. The summed E-state index contributed by atoms with van der Waals surface area (Å²) in [7, 11) is 0. The number of esters is 2. The van der Waals surface area contributed by atoms with Gasteiger partial charge in [0, 0.05) is 18.7 Å². The van der Waals surface area contributed by atoms with Gasteiger partial charge in [-0.3, -0.25) is 4.90 Å². The Morgan fingerprint density at radius 3 is 2.63 bits per heavy atom. The van der Waals surface area contributed by atoms with Gasteiger partial charge in [0.25, 0.3) is 0 Å². The molecule has 2 rings (SSSR count). The van der Waals surface area contributed by atoms with E-state index in [0.29, 0.717) is 12.1 Å². The first-order valence-electron chi connectivity index (χ1n) is 9.47. The molecule has 0 saturated carbocycles. The molecule has 4 atom stereocenters. The quantitative estimate of drug-likeness (QED) is 0.388. The predicted octanol–water partition coefficient (Wildman–Crippen LogP) is 1.19. The maximum absolute atomic E-state index is 12.4. The van der Waals surface area contributed by atoms with Crippen LogP contribution in [0.15, 0.2) is 23.3 Å². The second-order valence-electron chi connectivity index (χ2n) is 7.66. The van der Waals surface area contributed by atoms with E-state index >= 15 is 0 Å². The Morgan fingerprint density at radius 2 is 2.07 bits per heavy atom. The first kappa shape index (κ1) is 21.6. The first-order valence-corrected chi connectivity index (χ1v) is 9.47. The SMILES string of the molecule is C/C=C(/C)C(=O)O[C@@H]1CCN2CC=C(COC(=O)C(O)(C(C)C)[C@H](C)O)[C@H]12. The number of fused-ring (bicyclic) bond motifs is 1. The average Bonchev–Trinajstić information content (AvgIpc) is 3.20. The molecule has 1 unspecified atom stereocenters. The van der Waals surface area contributed by atoms with E-state index in [0.717, 1.165) is 18.5 Å². The zero-order valence-electron chi connectivity index (χ0n) is 16.8. The van der Waals surface area contributed by atoms with Gasteiger partial charge in [-0.1, -0.05) is 26.0 Å². The van der Waals surface area contributed by atoms with Crippen LogP contribution in [0.3, 0.4) is 0 Å². The highest BCUT2D eigenvalue weighted by Crippen LogP contribution is 2.32. The Kier molecular flexibility index (Phi) is 6.83. The molecule has 0 amide bonds. The van der Waals surface area contributed by atoms with Crippen LogP contribution < -0.4 is 0 Å². The molecule has 1 saturated heterocycles. The van der Waals surface area contributed by atoms with E-state index in [-0.39, 0.29) is 24.7 Å². The van der Waals surface area contributed by atoms with Crippen LogP contribution in [-0.2, 0) is 19.1 Å². The lowest BCUT2D eigenvalue weighted by Crippen LogP contribution is -2.53. The van der Waals surface area contributed by atoms with E-state index in [1.165, 1.54) is 6.92 Å². The third-order valence-corrected chi connectivity index (χ3v) is 5.64. The Morgan fingerprint density at radius 1 is 1.41 bits per heavy atom. The van der Waals surface area contributed by atoms with Crippen molar-refractivity contribution in [2.75, 3.05) is 19.7 Å². The normalized spacial score (nSPS) is 26.4. The highest BCUT2D eigenvalue weighted by molar-refractivity contribution is 5.87. The molecule has 1 fully saturated rings. The lowest BCUT2D eigenvalue weighted by molar-refractivity contribution is -0.183. The average molecular weight is 381 g/mol. The van der Waals surface area contributed by atoms with Crippen molar-refractivity contribution in [2.24, 2.45) is 5.92 Å². The van der Waals surface area contributed by atoms with Gasteiger partial charge in [-0.15, -0.1) is 0 Å². The fourth-order valence-corrected chi connectivity index (χ4v) is 3.63. The minimum atomic E-state index is -1.95. The smallest absolute Gasteiger partial charge is 0.341 e. The van der Waals surface area contributed by atoms with E-state index in [9.17, 15) is 19.8 Å². The van der Waals surface area contributed by atoms with E-state index in [1.54, 1.807) is 33.8 Å². The van der Waals surface area contributed by atoms with Crippen molar-refractivity contribution in [3.8, 4) is 0 Å². The van der Waals surface area contributed by atoms with Crippen molar-refractivity contribution in [1.82, 2.24) is 4.90 Å². The van der Waals surface area contributed by atoms with Crippen molar-refractivity contribution in [2.45, 2.75) is 64.9 Å². The lowest BCUT2D eigenvalue weighted by atomic mass is 9.85. The van der Waals surface area contributed by atoms with Crippen LogP contribution >= 0.6 is 0 Å². The Labute approximate surface area is 160 Å². The van der Waals surface area contributed by atoms with E-state index in [4.69, 9.17) is 9.47 Å². The number of allylic oxidation sites excluding steroid dienone is 1. The highest BCUT2D eigenvalue weighted by atomic mass is 16.6. The van der Waals surface area contributed by atoms with Gasteiger partial charge in [-0.2, -0.15) is 0 Å². The molecule has 27 heavy (non-hydrogen) atoms. The number of nitrogens with zero attached hydrogens (tertiary/aromatic N) is 1. The number of hydrogen-bond donors (Lipinski definition) is 2. The monoisotopic (exact) mass is 381 g/mol. The van der Waals surface area contributed by atoms with Crippen molar-refractivity contribution < 1.29 is 29.3 Å². The molecule has 0 aromatic rings. The van der Waals surface area contributed by atoms with Gasteiger partial charge in [-0.05, 0) is 38.7 Å². The summed E-state index contributed by atoms with van der Waals surface area (Å²) in [5, 5.41) is 20.4. The van der Waals surface area contributed by atoms with Crippen molar-refractivity contribution in [1.29, 1.82) is 0 Å². The molecule has 2 aliphatic heterocycles. The Balaban J connectivity index is 2.03. The van der Waals surface area contributed by atoms with Crippen LogP contribution in [0.4, 0.5) is 0 Å². The number of carbonyl (C=O) groups is 2. The summed E-state index contributed by atoms with van der Waals surface area (Å²) >= 11 is 0. The van der Waals surface area contributed by atoms with Gasteiger partial charge >= 0.3 is 11.9 Å². The van der Waals surface area contributed by atoms with Crippen LogP contribution in [0.1, 0.15) is 41.0 Å². The summed E-state index contributed by atoms with van der Waals surface area (Å²) in [6.07, 6.45) is 2.87. The fraction of sp³-hybridized carbons (Fsp3) is 0.700. The molecule has 0 aliphatic carbocycles. The third-order valence-electron chi connectivity index (χ3n) is 5.64. The molecule has 0 spiro atoms. The summed E-state index contributed by atoms with van der Waals surface area (Å²) in [5.41, 5.74) is -0.542. The molecule has 0 bridgehead atoms. The summed E-state index contributed by atoms with van der Waals surface area (Å²) in [5.74, 6) is -1.68. The minimum Gasteiger partial charge on any atom is -0.459 e. The molecular weight excluding hydrogens is 350 g/mol. The zero-order valence-corrected chi connectivity index (χ0v) is 16.8. The summed E-state index contributed by atoms with van der Waals surface area (Å²) in [6.45, 7) is 9.68. The molecule has 0 aromatic carbocycles. The molecule has 2 heterocycles. The topological polar surface area (TPSA) is 96.3 Å². The number of aliphatic hydroxyl groups is 2. The molecule has 7 nitrogen and oxygen atoms in total. The number of carbonyl (C=O) groups excluding carboxylic acids is 2. The summed E-state index contributed by atoms with van der Waals surface area (Å²) in [4.78, 5) is 26.7. The zero-order chi connectivity index (χ0) is 20.4. The van der Waals surface area contributed by atoms with Crippen LogP contribution in [0.5, 0.6) is 0 Å². The second kappa shape index (κ2) is 8.54. The number of hydrogen-bond acceptors (Lipinski definition) is 7. The summed E-state index contributed by atoms with van der Waals surface area (Å²) in [6, 6.07) is -0.120. The van der Waals surface area contributed by atoms with E-state index in [1.807, 2.05) is 6.08 Å². The molecule has 152 valence electrons. The van der Waals surface area contributed by atoms with Crippen molar-refractivity contribution >= 4 is 11.9 Å². The van der Waals surface area contributed by atoms with Crippen LogP contribution in [0, 0.1) is 5.92 Å². The Hall–Kier alpha value is -1.70. The maximum atomic E-state index is 12.4. The number of aliphatic hydroxyl groups excluding tert-OH is 1. The van der Waals surface area contributed by atoms with Crippen LogP contribution in [0.2, 0.25) is 0 Å². The maximum Gasteiger partial charge on any atom is 0.341 e. The van der Waals surface area contributed by atoms with Crippen molar-refractivity contribution in [3.05, 3.63) is 23.3 Å². The highest BCUT2D eigenvalue weighted by Gasteiger charge is 2.47. The number of ether oxygens (including phenoxy) is 2. The van der Waals surface area contributed by atoms with Gasteiger partial charge in [0.2, 0.25) is 0 Å². The second-order valence-corrected chi connectivity index (χ2v) is 7.66. The van der Waals surface area contributed by atoms with Gasteiger partial charge in [0.15, 0.2) is 5.60 Å². The molecule has 7 heteroatoms. The molecule has 0 aromatic heterocycles. The molecule has 2 aliphatic rings. The fourth-order valence-electron chi connectivity index (χ4n) is 3.63. The summed E-state index contributed by atoms with van der Waals surface area (Å²) < 4.78 is 11.0. The van der Waals surface area contributed by atoms with Crippen LogP contribution in [-0.4, -0.2) is 70.6 Å². The van der Waals surface area contributed by atoms with Gasteiger partial charge < -0.3 is 19.7 Å². The Bertz CT molecular complexity index is 628. The molecular formula is C20H31NO6. The molecule has 2 N–H and O–H groups in total. The lowest BCUT2D eigenvalue weighted by Gasteiger charge is -2.32. The molecule has 0 radical (unpaired) electrons. The minimum absolute atomic E-state index is 0.00159. The largest absolute Gasteiger partial charge is 0.459 e. The van der Waals surface area contributed by atoms with Crippen LogP contribution in [0.25, 0.3) is 0 Å². The third kappa shape index (κ3) is 4.25. The van der Waals surface area contributed by atoms with Gasteiger partial charge in [-0.25, -0.2) is 9.59 Å².